The first-order valence-corrected chi connectivity index (χ1v) is 5.08. The van der Waals surface area contributed by atoms with Crippen LogP contribution >= 0.6 is 0 Å². The number of nitrogens with zero attached hydrogens (tertiary/aromatic N) is 1. The zero-order chi connectivity index (χ0) is 10.7. The zero-order valence-electron chi connectivity index (χ0n) is 8.27. The van der Waals surface area contributed by atoms with Gasteiger partial charge < -0.3 is 5.73 Å². The van der Waals surface area contributed by atoms with E-state index in [4.69, 9.17) is 5.73 Å². The van der Waals surface area contributed by atoms with Gasteiger partial charge in [-0.2, -0.15) is 0 Å². The Balaban J connectivity index is 2.03. The number of rotatable bonds is 2. The normalized spacial score (nSPS) is 36.6. The smallest absolute Gasteiger partial charge is 0.273 e. The fourth-order valence-corrected chi connectivity index (χ4v) is 3.23. The maximum absolute atomic E-state index is 10.9. The predicted octanol–water partition coefficient (Wildman–Crippen LogP) is 1.73. The van der Waals surface area contributed by atoms with Crippen LogP contribution < -0.4 is 5.73 Å². The number of para-hydroxylation sites is 1. The van der Waals surface area contributed by atoms with Crippen LogP contribution in [0.25, 0.3) is 0 Å². The van der Waals surface area contributed by atoms with Crippen LogP contribution in [0.15, 0.2) is 24.3 Å². The van der Waals surface area contributed by atoms with E-state index in [1.165, 1.54) is 0 Å². The van der Waals surface area contributed by atoms with Gasteiger partial charge in [0, 0.05) is 22.6 Å². The van der Waals surface area contributed by atoms with Crippen LogP contribution in [0.4, 0.5) is 5.69 Å². The average molecular weight is 204 g/mol. The molecule has 4 nitrogen and oxygen atoms in total. The van der Waals surface area contributed by atoms with Gasteiger partial charge in [0.05, 0.1) is 4.92 Å². The molecule has 15 heavy (non-hydrogen) atoms. The molecule has 3 saturated carbocycles. The molecule has 4 rings (SSSR count). The van der Waals surface area contributed by atoms with Crippen molar-refractivity contribution < 1.29 is 4.92 Å². The summed E-state index contributed by atoms with van der Waals surface area (Å²) in [5.41, 5.74) is 7.11. The molecule has 0 radical (unpaired) electrons. The van der Waals surface area contributed by atoms with Crippen LogP contribution in [0, 0.1) is 10.1 Å². The van der Waals surface area contributed by atoms with Crippen LogP contribution in [0.3, 0.4) is 0 Å². The summed E-state index contributed by atoms with van der Waals surface area (Å²) < 4.78 is 0. The van der Waals surface area contributed by atoms with Crippen molar-refractivity contribution in [1.29, 1.82) is 0 Å². The number of benzene rings is 1. The second-order valence-corrected chi connectivity index (χ2v) is 4.95. The molecule has 78 valence electrons. The predicted molar refractivity (Wildman–Crippen MR) is 55.5 cm³/mol. The third-order valence-corrected chi connectivity index (χ3v) is 3.74. The molecular weight excluding hydrogens is 192 g/mol. The van der Waals surface area contributed by atoms with E-state index in [-0.39, 0.29) is 21.6 Å². The minimum Gasteiger partial charge on any atom is -0.325 e. The van der Waals surface area contributed by atoms with Gasteiger partial charge in [-0.15, -0.1) is 0 Å². The topological polar surface area (TPSA) is 69.2 Å². The highest BCUT2D eigenvalue weighted by Crippen LogP contribution is 2.67. The maximum Gasteiger partial charge on any atom is 0.273 e. The van der Waals surface area contributed by atoms with E-state index in [9.17, 15) is 10.1 Å². The summed E-state index contributed by atoms with van der Waals surface area (Å²) in [4.78, 5) is 10.6. The first kappa shape index (κ1) is 8.85. The first-order chi connectivity index (χ1) is 7.05. The van der Waals surface area contributed by atoms with E-state index in [1.54, 1.807) is 12.1 Å². The van der Waals surface area contributed by atoms with Gasteiger partial charge in [0.25, 0.3) is 5.69 Å². The summed E-state index contributed by atoms with van der Waals surface area (Å²) in [7, 11) is 0. The average Bonchev–Trinajstić information content (AvgIpc) is 2.11. The molecule has 0 amide bonds. The Bertz CT molecular complexity index is 436. The molecule has 0 spiro atoms. The van der Waals surface area contributed by atoms with E-state index < -0.39 is 0 Å². The van der Waals surface area contributed by atoms with Crippen molar-refractivity contribution in [1.82, 2.24) is 0 Å². The minimum atomic E-state index is -0.293. The SMILES string of the molecule is NC12CC(c3ccccc3[N+](=O)[O-])(C1)C2. The molecule has 1 aromatic carbocycles. The van der Waals surface area contributed by atoms with Crippen molar-refractivity contribution >= 4 is 5.69 Å². The Morgan fingerprint density at radius 2 is 1.87 bits per heavy atom. The van der Waals surface area contributed by atoms with Gasteiger partial charge in [0.15, 0.2) is 0 Å². The molecule has 0 saturated heterocycles. The first-order valence-electron chi connectivity index (χ1n) is 5.08. The minimum absolute atomic E-state index is 0.0102. The van der Waals surface area contributed by atoms with Gasteiger partial charge in [-0.05, 0) is 19.3 Å². The standard InChI is InChI=1S/C11H12N2O2/c12-11-5-10(6-11,7-11)8-3-1-2-4-9(8)13(14)15/h1-4H,5-7,12H2. The van der Waals surface area contributed by atoms with E-state index in [1.807, 2.05) is 12.1 Å². The van der Waals surface area contributed by atoms with E-state index in [0.717, 1.165) is 24.8 Å². The molecular formula is C11H12N2O2. The van der Waals surface area contributed by atoms with Crippen molar-refractivity contribution in [2.24, 2.45) is 5.73 Å². The van der Waals surface area contributed by atoms with E-state index >= 15 is 0 Å². The maximum atomic E-state index is 10.9. The number of nitro benzene ring substituents is 1. The largest absolute Gasteiger partial charge is 0.325 e. The summed E-state index contributed by atoms with van der Waals surface area (Å²) in [6.45, 7) is 0. The van der Waals surface area contributed by atoms with Crippen molar-refractivity contribution in [2.75, 3.05) is 0 Å². The molecule has 2 N–H and O–H groups in total. The van der Waals surface area contributed by atoms with Crippen molar-refractivity contribution in [2.45, 2.75) is 30.2 Å². The third kappa shape index (κ3) is 0.997. The fraction of sp³-hybridized carbons (Fsp3) is 0.455. The van der Waals surface area contributed by atoms with Gasteiger partial charge >= 0.3 is 0 Å². The van der Waals surface area contributed by atoms with Crippen molar-refractivity contribution in [3.8, 4) is 0 Å². The molecule has 3 fully saturated rings. The Kier molecular flexibility index (Phi) is 1.41. The molecule has 0 atom stereocenters. The molecule has 0 heterocycles. The number of nitrogens with two attached hydrogens (primary N) is 1. The quantitative estimate of drug-likeness (QED) is 0.589. The highest BCUT2D eigenvalue weighted by atomic mass is 16.6. The Morgan fingerprint density at radius 1 is 1.27 bits per heavy atom. The highest BCUT2D eigenvalue weighted by Gasteiger charge is 2.67. The summed E-state index contributed by atoms with van der Waals surface area (Å²) in [5.74, 6) is 0. The van der Waals surface area contributed by atoms with Crippen LogP contribution in [-0.2, 0) is 5.41 Å². The van der Waals surface area contributed by atoms with E-state index in [2.05, 4.69) is 0 Å². The second-order valence-electron chi connectivity index (χ2n) is 4.95. The van der Waals surface area contributed by atoms with Crippen molar-refractivity contribution in [3.05, 3.63) is 39.9 Å². The van der Waals surface area contributed by atoms with Gasteiger partial charge in [-0.25, -0.2) is 0 Å². The molecule has 0 aromatic heterocycles. The number of hydrogen-bond donors (Lipinski definition) is 1. The Morgan fingerprint density at radius 3 is 2.40 bits per heavy atom. The third-order valence-electron chi connectivity index (χ3n) is 3.74. The Labute approximate surface area is 87.2 Å². The van der Waals surface area contributed by atoms with E-state index in [0.29, 0.717) is 0 Å². The van der Waals surface area contributed by atoms with Crippen LogP contribution in [0.2, 0.25) is 0 Å². The lowest BCUT2D eigenvalue weighted by Crippen LogP contribution is -2.74. The lowest BCUT2D eigenvalue weighted by Gasteiger charge is -2.69. The van der Waals surface area contributed by atoms with Gasteiger partial charge in [-0.1, -0.05) is 18.2 Å². The lowest BCUT2D eigenvalue weighted by molar-refractivity contribution is -0.386. The zero-order valence-corrected chi connectivity index (χ0v) is 8.27. The molecule has 4 heteroatoms. The Hall–Kier alpha value is -1.42. The monoisotopic (exact) mass is 204 g/mol. The number of hydrogen-bond acceptors (Lipinski definition) is 3. The number of nitro groups is 1. The van der Waals surface area contributed by atoms with Gasteiger partial charge in [0.2, 0.25) is 0 Å². The second kappa shape index (κ2) is 2.39. The summed E-state index contributed by atoms with van der Waals surface area (Å²) in [5, 5.41) is 10.9. The molecule has 0 aliphatic heterocycles. The molecule has 0 unspecified atom stereocenters. The molecule has 3 aliphatic rings. The van der Waals surface area contributed by atoms with Crippen LogP contribution in [0.5, 0.6) is 0 Å². The molecule has 2 bridgehead atoms. The van der Waals surface area contributed by atoms with Crippen LogP contribution in [0.1, 0.15) is 24.8 Å². The summed E-state index contributed by atoms with van der Waals surface area (Å²) in [6, 6.07) is 7.03. The molecule has 3 aliphatic carbocycles. The lowest BCUT2D eigenvalue weighted by atomic mass is 9.38. The fourth-order valence-electron chi connectivity index (χ4n) is 3.23. The van der Waals surface area contributed by atoms with Crippen LogP contribution in [-0.4, -0.2) is 10.5 Å². The summed E-state index contributed by atoms with van der Waals surface area (Å²) in [6.07, 6.45) is 2.72. The van der Waals surface area contributed by atoms with Gasteiger partial charge in [0.1, 0.15) is 0 Å². The summed E-state index contributed by atoms with van der Waals surface area (Å²) >= 11 is 0. The molecule has 1 aromatic rings. The highest BCUT2D eigenvalue weighted by molar-refractivity contribution is 5.52. The van der Waals surface area contributed by atoms with Crippen molar-refractivity contribution in [3.63, 3.8) is 0 Å². The van der Waals surface area contributed by atoms with Gasteiger partial charge in [-0.3, -0.25) is 10.1 Å².